The van der Waals surface area contributed by atoms with Crippen molar-refractivity contribution in [3.63, 3.8) is 0 Å². The quantitative estimate of drug-likeness (QED) is 0.147. The number of benzene rings is 11. The maximum Gasteiger partial charge on any atom is 0.0467 e. The second-order valence-corrected chi connectivity index (χ2v) is 15.4. The predicted octanol–water partition coefficient (Wildman–Crippen LogP) is 16.4. The molecule has 11 rings (SSSR count). The Balaban J connectivity index is 0.961. The molecule has 0 unspecified atom stereocenters. The molecule has 1 nitrogen and oxygen atoms in total. The van der Waals surface area contributed by atoms with Crippen molar-refractivity contribution in [2.75, 3.05) is 4.90 Å². The van der Waals surface area contributed by atoms with Gasteiger partial charge >= 0.3 is 0 Å². The molecule has 0 aromatic heterocycles. The fraction of sp³-hybridized carbons (Fsp3) is 0. The van der Waals surface area contributed by atoms with E-state index in [1.807, 2.05) is 0 Å². The predicted molar refractivity (Wildman–Crippen MR) is 253 cm³/mol. The average Bonchev–Trinajstić information content (AvgIpc) is 3.32. The summed E-state index contributed by atoms with van der Waals surface area (Å²) in [6.45, 7) is 0. The van der Waals surface area contributed by atoms with Crippen LogP contribution in [0.15, 0.2) is 237 Å². The Kier molecular flexibility index (Phi) is 8.56. The topological polar surface area (TPSA) is 3.24 Å². The third-order valence-corrected chi connectivity index (χ3v) is 11.8. The maximum absolute atomic E-state index is 2.37. The Hall–Kier alpha value is -7.74. The molecule has 0 bridgehead atoms. The van der Waals surface area contributed by atoms with E-state index >= 15 is 0 Å². The SMILES string of the molecule is c1cc(-c2ccc3ccccc3c2)cc(N(c2ccc(-c3ccc(-c4ccc5ccccc5c4)cc3)cc2)c2ccc(-c3cccc4c3ccc3ccccc34)cc2)c1. The third-order valence-electron chi connectivity index (χ3n) is 11.8. The number of hydrogen-bond donors (Lipinski definition) is 0. The van der Waals surface area contributed by atoms with Gasteiger partial charge in [-0.3, -0.25) is 0 Å². The first-order valence-electron chi connectivity index (χ1n) is 20.3. The minimum Gasteiger partial charge on any atom is -0.310 e. The van der Waals surface area contributed by atoms with Gasteiger partial charge in [0.2, 0.25) is 0 Å². The number of hydrogen-bond acceptors (Lipinski definition) is 1. The second-order valence-electron chi connectivity index (χ2n) is 15.4. The minimum atomic E-state index is 1.10. The van der Waals surface area contributed by atoms with E-state index in [0.717, 1.165) is 17.1 Å². The van der Waals surface area contributed by atoms with Crippen molar-refractivity contribution in [3.05, 3.63) is 237 Å². The van der Waals surface area contributed by atoms with E-state index in [1.165, 1.54) is 87.6 Å². The van der Waals surface area contributed by atoms with Gasteiger partial charge < -0.3 is 4.90 Å². The van der Waals surface area contributed by atoms with Gasteiger partial charge in [0, 0.05) is 17.1 Å². The Morgan fingerprint density at radius 1 is 0.203 bits per heavy atom. The van der Waals surface area contributed by atoms with Crippen LogP contribution < -0.4 is 4.90 Å². The summed E-state index contributed by atoms with van der Waals surface area (Å²) in [4.78, 5) is 2.37. The van der Waals surface area contributed by atoms with Crippen molar-refractivity contribution in [1.29, 1.82) is 0 Å². The number of fused-ring (bicyclic) bond motifs is 5. The fourth-order valence-corrected chi connectivity index (χ4v) is 8.75. The molecule has 0 aliphatic carbocycles. The maximum atomic E-state index is 2.37. The lowest BCUT2D eigenvalue weighted by molar-refractivity contribution is 1.28. The van der Waals surface area contributed by atoms with Crippen LogP contribution in [0.2, 0.25) is 0 Å². The Labute approximate surface area is 344 Å². The zero-order chi connectivity index (χ0) is 39.1. The second kappa shape index (κ2) is 14.6. The zero-order valence-electron chi connectivity index (χ0n) is 32.5. The summed E-state index contributed by atoms with van der Waals surface area (Å²) in [5.41, 5.74) is 12.9. The number of rotatable bonds is 7. The molecule has 0 N–H and O–H groups in total. The van der Waals surface area contributed by atoms with Gasteiger partial charge in [-0.1, -0.05) is 188 Å². The largest absolute Gasteiger partial charge is 0.310 e. The lowest BCUT2D eigenvalue weighted by atomic mass is 9.94. The van der Waals surface area contributed by atoms with Crippen molar-refractivity contribution < 1.29 is 0 Å². The molecule has 11 aromatic rings. The lowest BCUT2D eigenvalue weighted by Gasteiger charge is -2.26. The van der Waals surface area contributed by atoms with Crippen LogP contribution in [0.4, 0.5) is 17.1 Å². The summed E-state index contributed by atoms with van der Waals surface area (Å²) >= 11 is 0. The summed E-state index contributed by atoms with van der Waals surface area (Å²) in [6.07, 6.45) is 0. The Morgan fingerprint density at radius 3 is 1.29 bits per heavy atom. The van der Waals surface area contributed by atoms with E-state index in [-0.39, 0.29) is 0 Å². The van der Waals surface area contributed by atoms with Crippen LogP contribution in [0.3, 0.4) is 0 Å². The summed E-state index contributed by atoms with van der Waals surface area (Å²) in [5.74, 6) is 0. The molecule has 0 aliphatic rings. The Bertz CT molecular complexity index is 3300. The van der Waals surface area contributed by atoms with Gasteiger partial charge in [-0.15, -0.1) is 0 Å². The van der Waals surface area contributed by atoms with Gasteiger partial charge in [-0.2, -0.15) is 0 Å². The molecule has 0 aliphatic heterocycles. The van der Waals surface area contributed by atoms with Gasteiger partial charge in [0.05, 0.1) is 0 Å². The van der Waals surface area contributed by atoms with Crippen LogP contribution in [0.1, 0.15) is 0 Å². The molecule has 0 heterocycles. The molecule has 0 amide bonds. The van der Waals surface area contributed by atoms with Gasteiger partial charge in [0.1, 0.15) is 0 Å². The number of anilines is 3. The highest BCUT2D eigenvalue weighted by Gasteiger charge is 2.16. The zero-order valence-corrected chi connectivity index (χ0v) is 32.5. The molecule has 276 valence electrons. The van der Waals surface area contributed by atoms with Crippen LogP contribution >= 0.6 is 0 Å². The fourth-order valence-electron chi connectivity index (χ4n) is 8.75. The van der Waals surface area contributed by atoms with Gasteiger partial charge in [-0.25, -0.2) is 0 Å². The third kappa shape index (κ3) is 6.49. The van der Waals surface area contributed by atoms with Crippen molar-refractivity contribution in [3.8, 4) is 44.5 Å². The standard InChI is InChI=1S/C58H39N/c1-3-12-47-37-50(25-23-40(47)9-1)44-21-19-42(20-22-44)43-27-32-52(33-28-43)59(54-15-7-14-49(39-54)51-26-24-41-10-2-4-13-48(41)38-51)53-34-29-46(30-35-53)56-17-8-18-57-55-16-6-5-11-45(55)31-36-58(56)57/h1-39H. The van der Waals surface area contributed by atoms with Crippen LogP contribution in [-0.4, -0.2) is 0 Å². The molecular weight excluding hydrogens is 711 g/mol. The summed E-state index contributed by atoms with van der Waals surface area (Å²) < 4.78 is 0. The van der Waals surface area contributed by atoms with Crippen molar-refractivity contribution in [1.82, 2.24) is 0 Å². The molecule has 0 radical (unpaired) electrons. The van der Waals surface area contributed by atoms with Gasteiger partial charge in [0.25, 0.3) is 0 Å². The summed E-state index contributed by atoms with van der Waals surface area (Å²) in [6, 6.07) is 86.3. The monoisotopic (exact) mass is 749 g/mol. The first kappa shape index (κ1) is 34.5. The van der Waals surface area contributed by atoms with Crippen LogP contribution in [0.25, 0.3) is 87.6 Å². The first-order valence-corrected chi connectivity index (χ1v) is 20.3. The van der Waals surface area contributed by atoms with Crippen molar-refractivity contribution in [2.45, 2.75) is 0 Å². The highest BCUT2D eigenvalue weighted by Crippen LogP contribution is 2.40. The molecule has 11 aromatic carbocycles. The van der Waals surface area contributed by atoms with E-state index in [9.17, 15) is 0 Å². The van der Waals surface area contributed by atoms with Crippen LogP contribution in [0, 0.1) is 0 Å². The molecule has 1 heteroatoms. The average molecular weight is 750 g/mol. The normalized spacial score (nSPS) is 11.4. The van der Waals surface area contributed by atoms with E-state index in [0.29, 0.717) is 0 Å². The highest BCUT2D eigenvalue weighted by atomic mass is 15.1. The van der Waals surface area contributed by atoms with Gasteiger partial charge in [0.15, 0.2) is 0 Å². The summed E-state index contributed by atoms with van der Waals surface area (Å²) in [7, 11) is 0. The highest BCUT2D eigenvalue weighted by molar-refractivity contribution is 6.12. The van der Waals surface area contributed by atoms with Crippen LogP contribution in [-0.2, 0) is 0 Å². The van der Waals surface area contributed by atoms with E-state index < -0.39 is 0 Å². The molecule has 0 atom stereocenters. The molecule has 59 heavy (non-hydrogen) atoms. The lowest BCUT2D eigenvalue weighted by Crippen LogP contribution is -2.10. The first-order chi connectivity index (χ1) is 29.2. The van der Waals surface area contributed by atoms with Gasteiger partial charge in [-0.05, 0) is 136 Å². The Morgan fingerprint density at radius 2 is 0.644 bits per heavy atom. The minimum absolute atomic E-state index is 1.10. The molecule has 0 spiro atoms. The number of nitrogens with zero attached hydrogens (tertiary/aromatic N) is 1. The van der Waals surface area contributed by atoms with Crippen LogP contribution in [0.5, 0.6) is 0 Å². The van der Waals surface area contributed by atoms with E-state index in [4.69, 9.17) is 0 Å². The van der Waals surface area contributed by atoms with E-state index in [2.05, 4.69) is 241 Å². The smallest absolute Gasteiger partial charge is 0.0467 e. The van der Waals surface area contributed by atoms with Crippen molar-refractivity contribution >= 4 is 60.2 Å². The molecule has 0 saturated carbocycles. The van der Waals surface area contributed by atoms with E-state index in [1.54, 1.807) is 0 Å². The molecule has 0 fully saturated rings. The molecular formula is C58H39N. The molecule has 0 saturated heterocycles. The summed E-state index contributed by atoms with van der Waals surface area (Å²) in [5, 5.41) is 10.1. The van der Waals surface area contributed by atoms with Crippen molar-refractivity contribution in [2.24, 2.45) is 0 Å².